The highest BCUT2D eigenvalue weighted by atomic mass is 19.1. The van der Waals surface area contributed by atoms with Crippen molar-refractivity contribution in [1.82, 2.24) is 23.9 Å². The zero-order valence-corrected chi connectivity index (χ0v) is 20.3. The Morgan fingerprint density at radius 3 is 2.71 bits per heavy atom. The van der Waals surface area contributed by atoms with Gasteiger partial charge in [0, 0.05) is 36.1 Å². The number of aliphatic hydroxyl groups excluding tert-OH is 1. The molecule has 6 rings (SSSR count). The second-order valence-electron chi connectivity index (χ2n) is 9.07. The van der Waals surface area contributed by atoms with Gasteiger partial charge in [-0.3, -0.25) is 14.3 Å². The van der Waals surface area contributed by atoms with E-state index in [4.69, 9.17) is 5.73 Å². The molecule has 1 aliphatic heterocycles. The largest absolute Gasteiger partial charge is 0.395 e. The molecule has 0 spiro atoms. The van der Waals surface area contributed by atoms with Crippen LogP contribution in [0.1, 0.15) is 22.5 Å². The maximum atomic E-state index is 15.4. The van der Waals surface area contributed by atoms with E-state index >= 15 is 4.39 Å². The molecule has 0 radical (unpaired) electrons. The zero-order valence-electron chi connectivity index (χ0n) is 20.3. The number of aromatic nitrogens is 5. The number of para-hydroxylation sites is 1. The van der Waals surface area contributed by atoms with E-state index in [0.29, 0.717) is 40.9 Å². The maximum absolute atomic E-state index is 15.4. The van der Waals surface area contributed by atoms with Gasteiger partial charge in [0.25, 0.3) is 11.5 Å². The molecular weight excluding hydrogens is 489 g/mol. The highest BCUT2D eigenvalue weighted by molar-refractivity contribution is 6.05. The number of nitrogen functional groups attached to an aromatic ring is 1. The van der Waals surface area contributed by atoms with Crippen LogP contribution in [0, 0.1) is 5.82 Å². The predicted octanol–water partition coefficient (Wildman–Crippen LogP) is 2.96. The SMILES string of the molecule is Nc1ncnc2c1c(-c1ccc(NC(=O)c3c4n(n(-c5ccccc5)c3=O)CCC4)cc1F)cn2CCO. The molecule has 0 saturated carbocycles. The third-order valence-electron chi connectivity index (χ3n) is 6.80. The lowest BCUT2D eigenvalue weighted by atomic mass is 10.0. The number of benzene rings is 2. The third kappa shape index (κ3) is 3.75. The summed E-state index contributed by atoms with van der Waals surface area (Å²) in [4.78, 5) is 34.9. The van der Waals surface area contributed by atoms with Crippen LogP contribution in [-0.2, 0) is 19.5 Å². The number of nitrogens with two attached hydrogens (primary N) is 1. The van der Waals surface area contributed by atoms with E-state index in [1.807, 2.05) is 35.0 Å². The molecular formula is C27H24FN7O3. The number of hydrogen-bond donors (Lipinski definition) is 3. The monoisotopic (exact) mass is 513 g/mol. The summed E-state index contributed by atoms with van der Waals surface area (Å²) in [6, 6.07) is 13.5. The molecule has 11 heteroatoms. The Hall–Kier alpha value is -4.77. The Bertz CT molecular complexity index is 1750. The number of nitrogens with one attached hydrogen (secondary N) is 1. The predicted molar refractivity (Wildman–Crippen MR) is 141 cm³/mol. The molecule has 192 valence electrons. The summed E-state index contributed by atoms with van der Waals surface area (Å²) >= 11 is 0. The van der Waals surface area contributed by atoms with Crippen molar-refractivity contribution < 1.29 is 14.3 Å². The number of rotatable bonds is 6. The Morgan fingerprint density at radius 1 is 1.13 bits per heavy atom. The van der Waals surface area contributed by atoms with E-state index in [0.717, 1.165) is 6.42 Å². The van der Waals surface area contributed by atoms with Crippen molar-refractivity contribution in [3.63, 3.8) is 0 Å². The van der Waals surface area contributed by atoms with Crippen LogP contribution < -0.4 is 16.6 Å². The number of halogens is 1. The molecule has 0 bridgehead atoms. The molecule has 0 atom stereocenters. The lowest BCUT2D eigenvalue weighted by Crippen LogP contribution is -2.26. The van der Waals surface area contributed by atoms with Crippen LogP contribution in [0.2, 0.25) is 0 Å². The molecule has 1 amide bonds. The number of carbonyl (C=O) groups is 1. The van der Waals surface area contributed by atoms with Gasteiger partial charge in [0.05, 0.1) is 23.4 Å². The Morgan fingerprint density at radius 2 is 1.95 bits per heavy atom. The Balaban J connectivity index is 1.35. The lowest BCUT2D eigenvalue weighted by molar-refractivity contribution is 0.102. The van der Waals surface area contributed by atoms with Gasteiger partial charge in [-0.1, -0.05) is 18.2 Å². The van der Waals surface area contributed by atoms with E-state index < -0.39 is 17.3 Å². The first kappa shape index (κ1) is 23.6. The van der Waals surface area contributed by atoms with Gasteiger partial charge in [0.1, 0.15) is 29.2 Å². The highest BCUT2D eigenvalue weighted by Gasteiger charge is 2.29. The number of fused-ring (bicyclic) bond motifs is 2. The highest BCUT2D eigenvalue weighted by Crippen LogP contribution is 2.35. The van der Waals surface area contributed by atoms with Crippen LogP contribution >= 0.6 is 0 Å². The van der Waals surface area contributed by atoms with Crippen molar-refractivity contribution in [1.29, 1.82) is 0 Å². The standard InChI is InChI=1S/C27H24FN7O3/c28-20-13-16(8-9-18(20)19-14-33(11-12-36)25-22(19)24(29)30-15-31-25)32-26(37)23-21-7-4-10-34(21)35(27(23)38)17-5-2-1-3-6-17/h1-3,5-6,8-9,13-15,36H,4,7,10-12H2,(H,32,37)(H2,29,30,31). The van der Waals surface area contributed by atoms with Gasteiger partial charge in [-0.05, 0) is 43.2 Å². The number of hydrogen-bond acceptors (Lipinski definition) is 6. The zero-order chi connectivity index (χ0) is 26.4. The van der Waals surface area contributed by atoms with Crippen LogP contribution in [0.3, 0.4) is 0 Å². The number of aliphatic hydroxyl groups is 1. The summed E-state index contributed by atoms with van der Waals surface area (Å²) in [6.07, 6.45) is 4.41. The number of anilines is 2. The van der Waals surface area contributed by atoms with Crippen LogP contribution in [-0.4, -0.2) is 41.5 Å². The molecule has 4 heterocycles. The summed E-state index contributed by atoms with van der Waals surface area (Å²) in [5, 5.41) is 12.6. The van der Waals surface area contributed by atoms with E-state index in [2.05, 4.69) is 15.3 Å². The summed E-state index contributed by atoms with van der Waals surface area (Å²) < 4.78 is 20.5. The first-order valence-corrected chi connectivity index (χ1v) is 12.2. The van der Waals surface area contributed by atoms with E-state index in [9.17, 15) is 14.7 Å². The van der Waals surface area contributed by atoms with Crippen LogP contribution in [0.4, 0.5) is 15.9 Å². The summed E-state index contributed by atoms with van der Waals surface area (Å²) in [7, 11) is 0. The van der Waals surface area contributed by atoms with Gasteiger partial charge in [0.2, 0.25) is 0 Å². The molecule has 4 N–H and O–H groups in total. The lowest BCUT2D eigenvalue weighted by Gasteiger charge is -2.08. The molecule has 0 saturated heterocycles. The van der Waals surface area contributed by atoms with Crippen LogP contribution in [0.5, 0.6) is 0 Å². The molecule has 2 aromatic carbocycles. The van der Waals surface area contributed by atoms with Gasteiger partial charge in [-0.15, -0.1) is 0 Å². The van der Waals surface area contributed by atoms with E-state index in [-0.39, 0.29) is 35.8 Å². The third-order valence-corrected chi connectivity index (χ3v) is 6.80. The van der Waals surface area contributed by atoms with Crippen molar-refractivity contribution >= 4 is 28.4 Å². The minimum atomic E-state index is -0.599. The van der Waals surface area contributed by atoms with Crippen LogP contribution in [0.25, 0.3) is 27.8 Å². The minimum absolute atomic E-state index is 0.0628. The molecule has 5 aromatic rings. The van der Waals surface area contributed by atoms with Crippen molar-refractivity contribution in [2.24, 2.45) is 0 Å². The van der Waals surface area contributed by atoms with Crippen molar-refractivity contribution in [3.8, 4) is 16.8 Å². The van der Waals surface area contributed by atoms with Crippen molar-refractivity contribution in [2.75, 3.05) is 17.7 Å². The molecule has 0 unspecified atom stereocenters. The van der Waals surface area contributed by atoms with Crippen molar-refractivity contribution in [2.45, 2.75) is 25.9 Å². The molecule has 10 nitrogen and oxygen atoms in total. The summed E-state index contributed by atoms with van der Waals surface area (Å²) in [5.41, 5.74) is 8.48. The first-order chi connectivity index (χ1) is 18.5. The molecule has 3 aromatic heterocycles. The second-order valence-corrected chi connectivity index (χ2v) is 9.07. The Kier molecular flexibility index (Phi) is 5.76. The van der Waals surface area contributed by atoms with E-state index in [1.165, 1.54) is 23.1 Å². The number of nitrogens with zero attached hydrogens (tertiary/aromatic N) is 5. The molecule has 1 aliphatic rings. The molecule has 0 aliphatic carbocycles. The van der Waals surface area contributed by atoms with Gasteiger partial charge < -0.3 is 20.7 Å². The first-order valence-electron chi connectivity index (χ1n) is 12.2. The Labute approximate surface area is 215 Å². The normalized spacial score (nSPS) is 12.7. The average molecular weight is 514 g/mol. The van der Waals surface area contributed by atoms with Crippen molar-refractivity contribution in [3.05, 3.63) is 88.5 Å². The summed E-state index contributed by atoms with van der Waals surface area (Å²) in [5.74, 6) is -0.992. The van der Waals surface area contributed by atoms with Gasteiger partial charge in [-0.2, -0.15) is 0 Å². The topological polar surface area (TPSA) is 133 Å². The fraction of sp³-hybridized carbons (Fsp3) is 0.185. The summed E-state index contributed by atoms with van der Waals surface area (Å²) in [6.45, 7) is 0.758. The number of carbonyl (C=O) groups excluding carboxylic acids is 1. The van der Waals surface area contributed by atoms with E-state index in [1.54, 1.807) is 16.8 Å². The minimum Gasteiger partial charge on any atom is -0.395 e. The molecule has 0 fully saturated rings. The smallest absolute Gasteiger partial charge is 0.284 e. The number of amides is 1. The molecule has 38 heavy (non-hydrogen) atoms. The van der Waals surface area contributed by atoms with Gasteiger partial charge in [0.15, 0.2) is 0 Å². The maximum Gasteiger partial charge on any atom is 0.284 e. The van der Waals surface area contributed by atoms with Gasteiger partial charge in [-0.25, -0.2) is 19.0 Å². The van der Waals surface area contributed by atoms with Crippen LogP contribution in [0.15, 0.2) is 65.8 Å². The second kappa shape index (κ2) is 9.27. The fourth-order valence-electron chi connectivity index (χ4n) is 5.16. The fourth-order valence-corrected chi connectivity index (χ4v) is 5.16. The van der Waals surface area contributed by atoms with Gasteiger partial charge >= 0.3 is 0 Å². The average Bonchev–Trinajstić information content (AvgIpc) is 3.58. The quantitative estimate of drug-likeness (QED) is 0.320.